The van der Waals surface area contributed by atoms with Crippen LogP contribution in [-0.4, -0.2) is 6.54 Å². The molecule has 1 atom stereocenters. The summed E-state index contributed by atoms with van der Waals surface area (Å²) >= 11 is 6.10. The van der Waals surface area contributed by atoms with Crippen molar-refractivity contribution < 1.29 is 4.39 Å². The highest BCUT2D eigenvalue weighted by Gasteiger charge is 2.14. The van der Waals surface area contributed by atoms with Crippen LogP contribution >= 0.6 is 11.6 Å². The molecule has 0 aliphatic carbocycles. The summed E-state index contributed by atoms with van der Waals surface area (Å²) in [5.41, 5.74) is 0.948. The monoisotopic (exact) mass is 267 g/mol. The molecule has 1 rings (SSSR count). The molecule has 0 amide bonds. The lowest BCUT2D eigenvalue weighted by molar-refractivity contribution is 0.486. The molecule has 0 aliphatic heterocycles. The number of terminal acetylenes is 1. The first-order valence-electron chi connectivity index (χ1n) is 6.30. The van der Waals surface area contributed by atoms with Crippen molar-refractivity contribution in [3.63, 3.8) is 0 Å². The Bertz CT molecular complexity index is 411. The Morgan fingerprint density at radius 2 is 2.28 bits per heavy atom. The lowest BCUT2D eigenvalue weighted by atomic mass is 10.0. The number of rotatable bonds is 7. The van der Waals surface area contributed by atoms with Crippen LogP contribution < -0.4 is 5.32 Å². The van der Waals surface area contributed by atoms with Crippen LogP contribution in [0.4, 0.5) is 4.39 Å². The Balaban J connectivity index is 2.76. The van der Waals surface area contributed by atoms with Gasteiger partial charge in [0, 0.05) is 17.5 Å². The molecule has 0 radical (unpaired) electrons. The maximum absolute atomic E-state index is 13.0. The summed E-state index contributed by atoms with van der Waals surface area (Å²) in [5.74, 6) is 2.33. The first-order chi connectivity index (χ1) is 8.69. The van der Waals surface area contributed by atoms with Crippen LogP contribution in [0.3, 0.4) is 0 Å². The van der Waals surface area contributed by atoms with Gasteiger partial charge in [0.25, 0.3) is 0 Å². The third-order valence-corrected chi connectivity index (χ3v) is 3.12. The predicted octanol–water partition coefficient (Wildman–Crippen LogP) is 4.32. The average Bonchev–Trinajstić information content (AvgIpc) is 2.34. The first-order valence-corrected chi connectivity index (χ1v) is 6.68. The normalized spacial score (nSPS) is 12.1. The molecule has 0 saturated heterocycles. The summed E-state index contributed by atoms with van der Waals surface area (Å²) in [6.45, 7) is 3.02. The fourth-order valence-corrected chi connectivity index (χ4v) is 2.18. The Hall–Kier alpha value is -1.04. The van der Waals surface area contributed by atoms with Gasteiger partial charge in [0.05, 0.1) is 0 Å². The van der Waals surface area contributed by atoms with Crippen LogP contribution in [0.15, 0.2) is 18.2 Å². The van der Waals surface area contributed by atoms with Gasteiger partial charge in [-0.1, -0.05) is 24.6 Å². The van der Waals surface area contributed by atoms with E-state index in [1.165, 1.54) is 12.1 Å². The minimum Gasteiger partial charge on any atom is -0.310 e. The van der Waals surface area contributed by atoms with Gasteiger partial charge in [-0.15, -0.1) is 12.3 Å². The van der Waals surface area contributed by atoms with Gasteiger partial charge in [-0.25, -0.2) is 4.39 Å². The van der Waals surface area contributed by atoms with Crippen molar-refractivity contribution in [1.82, 2.24) is 5.32 Å². The quantitative estimate of drug-likeness (QED) is 0.573. The maximum atomic E-state index is 13.0. The summed E-state index contributed by atoms with van der Waals surface area (Å²) in [5, 5.41) is 3.91. The largest absolute Gasteiger partial charge is 0.310 e. The third kappa shape index (κ3) is 4.68. The second-order valence-electron chi connectivity index (χ2n) is 4.27. The van der Waals surface area contributed by atoms with Gasteiger partial charge in [-0.3, -0.25) is 0 Å². The lowest BCUT2D eigenvalue weighted by Crippen LogP contribution is -2.22. The standard InChI is InChI=1S/C15H19ClFN/c1-3-5-6-7-15(18-10-4-2)13-9-8-12(17)11-14(13)16/h1,8-9,11,15,18H,4-7,10H2,2H3. The molecule has 98 valence electrons. The van der Waals surface area contributed by atoms with Crippen molar-refractivity contribution in [2.45, 2.75) is 38.6 Å². The third-order valence-electron chi connectivity index (χ3n) is 2.79. The Morgan fingerprint density at radius 1 is 1.50 bits per heavy atom. The molecule has 0 saturated carbocycles. The van der Waals surface area contributed by atoms with Crippen molar-refractivity contribution in [3.8, 4) is 12.3 Å². The predicted molar refractivity (Wildman–Crippen MR) is 75.1 cm³/mol. The SMILES string of the molecule is C#CCCCC(NCCC)c1ccc(F)cc1Cl. The van der Waals surface area contributed by atoms with E-state index in [9.17, 15) is 4.39 Å². The average molecular weight is 268 g/mol. The van der Waals surface area contributed by atoms with E-state index in [4.69, 9.17) is 18.0 Å². The van der Waals surface area contributed by atoms with Gasteiger partial charge >= 0.3 is 0 Å². The second kappa shape index (κ2) is 8.13. The molecule has 1 N–H and O–H groups in total. The molecule has 0 spiro atoms. The molecule has 0 fully saturated rings. The summed E-state index contributed by atoms with van der Waals surface area (Å²) in [7, 11) is 0. The summed E-state index contributed by atoms with van der Waals surface area (Å²) in [6, 6.07) is 4.70. The molecule has 18 heavy (non-hydrogen) atoms. The number of hydrogen-bond acceptors (Lipinski definition) is 1. The number of halogens is 2. The van der Waals surface area contributed by atoms with Crippen molar-refractivity contribution in [3.05, 3.63) is 34.6 Å². The minimum absolute atomic E-state index is 0.145. The maximum Gasteiger partial charge on any atom is 0.124 e. The van der Waals surface area contributed by atoms with Gasteiger partial charge in [-0.2, -0.15) is 0 Å². The van der Waals surface area contributed by atoms with Gasteiger partial charge < -0.3 is 5.32 Å². The molecule has 1 nitrogen and oxygen atoms in total. The smallest absolute Gasteiger partial charge is 0.124 e. The van der Waals surface area contributed by atoms with E-state index in [0.29, 0.717) is 5.02 Å². The molecule has 0 aliphatic rings. The Morgan fingerprint density at radius 3 is 2.89 bits per heavy atom. The first kappa shape index (κ1) is 15.0. The van der Waals surface area contributed by atoms with E-state index >= 15 is 0 Å². The summed E-state index contributed by atoms with van der Waals surface area (Å²) < 4.78 is 13.0. The Labute approximate surface area is 114 Å². The van der Waals surface area contributed by atoms with Crippen molar-refractivity contribution >= 4 is 11.6 Å². The van der Waals surface area contributed by atoms with Crippen molar-refractivity contribution in [2.24, 2.45) is 0 Å². The van der Waals surface area contributed by atoms with E-state index in [1.54, 1.807) is 6.07 Å². The zero-order chi connectivity index (χ0) is 13.4. The Kier molecular flexibility index (Phi) is 6.78. The number of hydrogen-bond donors (Lipinski definition) is 1. The highest BCUT2D eigenvalue weighted by Crippen LogP contribution is 2.27. The van der Waals surface area contributed by atoms with Crippen LogP contribution in [0.5, 0.6) is 0 Å². The topological polar surface area (TPSA) is 12.0 Å². The van der Waals surface area contributed by atoms with Gasteiger partial charge in [0.2, 0.25) is 0 Å². The van der Waals surface area contributed by atoms with E-state index < -0.39 is 0 Å². The molecule has 1 unspecified atom stereocenters. The molecular formula is C15H19ClFN. The summed E-state index contributed by atoms with van der Waals surface area (Å²) in [6.07, 6.45) is 8.90. The van der Waals surface area contributed by atoms with Crippen LogP contribution in [0, 0.1) is 18.2 Å². The molecule has 0 heterocycles. The fraction of sp³-hybridized carbons (Fsp3) is 0.467. The van der Waals surface area contributed by atoms with Crippen LogP contribution in [0.2, 0.25) is 5.02 Å². The molecule has 1 aromatic carbocycles. The van der Waals surface area contributed by atoms with Crippen LogP contribution in [0.25, 0.3) is 0 Å². The van der Waals surface area contributed by atoms with E-state index in [2.05, 4.69) is 18.2 Å². The van der Waals surface area contributed by atoms with Gasteiger partial charge in [0.1, 0.15) is 5.82 Å². The van der Waals surface area contributed by atoms with Crippen molar-refractivity contribution in [2.75, 3.05) is 6.54 Å². The molecule has 1 aromatic rings. The van der Waals surface area contributed by atoms with Crippen LogP contribution in [0.1, 0.15) is 44.2 Å². The summed E-state index contributed by atoms with van der Waals surface area (Å²) in [4.78, 5) is 0. The van der Waals surface area contributed by atoms with E-state index in [1.807, 2.05) is 0 Å². The second-order valence-corrected chi connectivity index (χ2v) is 4.68. The number of benzene rings is 1. The van der Waals surface area contributed by atoms with E-state index in [0.717, 1.165) is 37.8 Å². The highest BCUT2D eigenvalue weighted by molar-refractivity contribution is 6.31. The molecule has 0 aromatic heterocycles. The fourth-order valence-electron chi connectivity index (χ4n) is 1.88. The van der Waals surface area contributed by atoms with Gasteiger partial charge in [-0.05, 0) is 43.5 Å². The van der Waals surface area contributed by atoms with Crippen molar-refractivity contribution in [1.29, 1.82) is 0 Å². The molecule has 0 bridgehead atoms. The lowest BCUT2D eigenvalue weighted by Gasteiger charge is -2.20. The molecule has 3 heteroatoms. The minimum atomic E-state index is -0.304. The zero-order valence-corrected chi connectivity index (χ0v) is 11.4. The highest BCUT2D eigenvalue weighted by atomic mass is 35.5. The van der Waals surface area contributed by atoms with Gasteiger partial charge in [0.15, 0.2) is 0 Å². The molecular weight excluding hydrogens is 249 g/mol. The van der Waals surface area contributed by atoms with E-state index in [-0.39, 0.29) is 11.9 Å². The zero-order valence-electron chi connectivity index (χ0n) is 10.7. The van der Waals surface area contributed by atoms with Crippen LogP contribution in [-0.2, 0) is 0 Å². The number of unbranched alkanes of at least 4 members (excludes halogenated alkanes) is 1. The number of nitrogens with one attached hydrogen (secondary N) is 1.